The molecule has 23 heavy (non-hydrogen) atoms. The van der Waals surface area contributed by atoms with E-state index in [9.17, 15) is 13.2 Å². The van der Waals surface area contributed by atoms with Crippen LogP contribution in [-0.4, -0.2) is 50.4 Å². The van der Waals surface area contributed by atoms with Crippen molar-refractivity contribution in [3.8, 4) is 0 Å². The quantitative estimate of drug-likeness (QED) is 0.852. The number of piperidine rings is 1. The molecule has 0 bridgehead atoms. The van der Waals surface area contributed by atoms with Gasteiger partial charge in [0.15, 0.2) is 9.84 Å². The molecule has 0 radical (unpaired) electrons. The van der Waals surface area contributed by atoms with Crippen LogP contribution in [-0.2, 0) is 21.2 Å². The molecular formula is C17H26N2O3S. The first kappa shape index (κ1) is 17.9. The second-order valence-electron chi connectivity index (χ2n) is 6.42. The summed E-state index contributed by atoms with van der Waals surface area (Å²) in [4.78, 5) is 14.3. The third kappa shape index (κ3) is 5.62. The summed E-state index contributed by atoms with van der Waals surface area (Å²) in [5.74, 6) is 0.0388. The third-order valence-corrected chi connectivity index (χ3v) is 6.03. The average molecular weight is 338 g/mol. The molecule has 1 saturated heterocycles. The molecular weight excluding hydrogens is 312 g/mol. The zero-order chi connectivity index (χ0) is 16.9. The van der Waals surface area contributed by atoms with Gasteiger partial charge in [0.05, 0.1) is 0 Å². The first-order valence-corrected chi connectivity index (χ1v) is 10.0. The Morgan fingerprint density at radius 3 is 2.43 bits per heavy atom. The maximum absolute atomic E-state index is 11.8. The molecule has 1 fully saturated rings. The van der Waals surface area contributed by atoms with Crippen LogP contribution in [0.5, 0.6) is 0 Å². The smallest absolute Gasteiger partial charge is 0.238 e. The molecule has 0 saturated carbocycles. The molecule has 1 N–H and O–H groups in total. The van der Waals surface area contributed by atoms with E-state index in [-0.39, 0.29) is 5.91 Å². The van der Waals surface area contributed by atoms with Gasteiger partial charge in [-0.1, -0.05) is 30.3 Å². The van der Waals surface area contributed by atoms with Crippen LogP contribution in [0.1, 0.15) is 25.3 Å². The van der Waals surface area contributed by atoms with Crippen molar-refractivity contribution in [2.45, 2.75) is 31.6 Å². The Morgan fingerprint density at radius 1 is 1.26 bits per heavy atom. The van der Waals surface area contributed by atoms with Crippen molar-refractivity contribution in [1.82, 2.24) is 10.2 Å². The van der Waals surface area contributed by atoms with Crippen molar-refractivity contribution < 1.29 is 13.2 Å². The highest BCUT2D eigenvalue weighted by Gasteiger charge is 2.25. The fourth-order valence-electron chi connectivity index (χ4n) is 2.77. The van der Waals surface area contributed by atoms with Crippen LogP contribution < -0.4 is 5.32 Å². The maximum Gasteiger partial charge on any atom is 0.238 e. The Labute approximate surface area is 139 Å². The summed E-state index contributed by atoms with van der Waals surface area (Å²) in [6, 6.07) is 10.4. The number of benzene rings is 1. The number of amides is 1. The number of sulfone groups is 1. The van der Waals surface area contributed by atoms with Gasteiger partial charge in [0.25, 0.3) is 0 Å². The highest BCUT2D eigenvalue weighted by Crippen LogP contribution is 2.18. The van der Waals surface area contributed by atoms with E-state index in [1.165, 1.54) is 12.5 Å². The van der Waals surface area contributed by atoms with Crippen LogP contribution in [0.2, 0.25) is 0 Å². The zero-order valence-corrected chi connectivity index (χ0v) is 14.7. The molecule has 1 atom stereocenters. The van der Waals surface area contributed by atoms with Gasteiger partial charge in [-0.05, 0) is 44.3 Å². The Hall–Kier alpha value is -1.40. The van der Waals surface area contributed by atoms with Crippen molar-refractivity contribution in [2.75, 3.05) is 25.9 Å². The van der Waals surface area contributed by atoms with Gasteiger partial charge in [-0.25, -0.2) is 8.42 Å². The number of hydrogen-bond acceptors (Lipinski definition) is 4. The minimum absolute atomic E-state index is 0.390. The summed E-state index contributed by atoms with van der Waals surface area (Å²) in [5.41, 5.74) is 1.32. The second kappa shape index (κ2) is 7.93. The topological polar surface area (TPSA) is 66.5 Å². The number of carbonyl (C=O) groups excluding carboxylic acids is 1. The number of rotatable bonds is 6. The molecule has 1 aliphatic heterocycles. The van der Waals surface area contributed by atoms with Crippen molar-refractivity contribution in [2.24, 2.45) is 5.92 Å². The summed E-state index contributed by atoms with van der Waals surface area (Å²) in [7, 11) is -3.32. The lowest BCUT2D eigenvalue weighted by Gasteiger charge is -2.32. The molecule has 6 heteroatoms. The van der Waals surface area contributed by atoms with Gasteiger partial charge in [-0.3, -0.25) is 9.69 Å². The Kier molecular flexibility index (Phi) is 6.18. The number of likely N-dealkylation sites (tertiary alicyclic amines) is 1. The molecule has 128 valence electrons. The lowest BCUT2D eigenvalue weighted by atomic mass is 9.96. The van der Waals surface area contributed by atoms with Gasteiger partial charge in [0.2, 0.25) is 5.91 Å². The number of hydrogen-bond donors (Lipinski definition) is 1. The van der Waals surface area contributed by atoms with Crippen molar-refractivity contribution in [3.63, 3.8) is 0 Å². The number of carbonyl (C=O) groups is 1. The average Bonchev–Trinajstić information content (AvgIpc) is 2.53. The summed E-state index contributed by atoms with van der Waals surface area (Å²) in [5, 5.41) is 1.81. The lowest BCUT2D eigenvalue weighted by molar-refractivity contribution is -0.120. The highest BCUT2D eigenvalue weighted by molar-refractivity contribution is 7.92. The van der Waals surface area contributed by atoms with E-state index in [4.69, 9.17) is 0 Å². The largest absolute Gasteiger partial charge is 0.355 e. The minimum atomic E-state index is -3.32. The van der Waals surface area contributed by atoms with E-state index in [2.05, 4.69) is 34.5 Å². The number of nitrogens with one attached hydrogen (secondary N) is 1. The monoisotopic (exact) mass is 338 g/mol. The molecule has 1 amide bonds. The van der Waals surface area contributed by atoms with E-state index in [0.29, 0.717) is 12.5 Å². The van der Waals surface area contributed by atoms with Gasteiger partial charge in [0.1, 0.15) is 5.25 Å². The van der Waals surface area contributed by atoms with Crippen LogP contribution in [0.3, 0.4) is 0 Å². The SMILES string of the molecule is CC(C(=O)NCC1CCN(Cc2ccccc2)CC1)S(C)(=O)=O. The van der Waals surface area contributed by atoms with Crippen molar-refractivity contribution >= 4 is 15.7 Å². The molecule has 1 aromatic rings. The van der Waals surface area contributed by atoms with E-state index < -0.39 is 15.1 Å². The fraction of sp³-hybridized carbons (Fsp3) is 0.588. The molecule has 0 aliphatic carbocycles. The second-order valence-corrected chi connectivity index (χ2v) is 8.79. The van der Waals surface area contributed by atoms with E-state index >= 15 is 0 Å². The Balaban J connectivity index is 1.72. The first-order chi connectivity index (χ1) is 10.9. The number of nitrogens with zero attached hydrogens (tertiary/aromatic N) is 1. The molecule has 0 aromatic heterocycles. The third-order valence-electron chi connectivity index (χ3n) is 4.53. The molecule has 2 rings (SSSR count). The Bertz CT molecular complexity index is 608. The van der Waals surface area contributed by atoms with Crippen LogP contribution in [0.4, 0.5) is 0 Å². The van der Waals surface area contributed by atoms with Crippen LogP contribution >= 0.6 is 0 Å². The molecule has 5 nitrogen and oxygen atoms in total. The summed E-state index contributed by atoms with van der Waals surface area (Å²) < 4.78 is 22.7. The predicted octanol–water partition coefficient (Wildman–Crippen LogP) is 1.45. The summed E-state index contributed by atoms with van der Waals surface area (Å²) in [6.07, 6.45) is 3.15. The molecule has 1 heterocycles. The molecule has 1 unspecified atom stereocenters. The molecule has 1 aromatic carbocycles. The van der Waals surface area contributed by atoms with E-state index in [0.717, 1.165) is 38.7 Å². The van der Waals surface area contributed by atoms with E-state index in [1.54, 1.807) is 0 Å². The van der Waals surface area contributed by atoms with Crippen LogP contribution in [0, 0.1) is 5.92 Å². The zero-order valence-electron chi connectivity index (χ0n) is 13.9. The van der Waals surface area contributed by atoms with Crippen LogP contribution in [0.15, 0.2) is 30.3 Å². The molecule has 0 spiro atoms. The standard InChI is InChI=1S/C17H26N2O3S/c1-14(23(2,21)22)17(20)18-12-15-8-10-19(11-9-15)13-16-6-4-3-5-7-16/h3-7,14-15H,8-13H2,1-2H3,(H,18,20). The minimum Gasteiger partial charge on any atom is -0.355 e. The lowest BCUT2D eigenvalue weighted by Crippen LogP contribution is -2.42. The maximum atomic E-state index is 11.8. The first-order valence-electron chi connectivity index (χ1n) is 8.09. The van der Waals surface area contributed by atoms with Crippen molar-refractivity contribution in [3.05, 3.63) is 35.9 Å². The summed E-state index contributed by atoms with van der Waals surface area (Å²) >= 11 is 0. The van der Waals surface area contributed by atoms with Gasteiger partial charge < -0.3 is 5.32 Å². The highest BCUT2D eigenvalue weighted by atomic mass is 32.2. The van der Waals surface area contributed by atoms with Crippen LogP contribution in [0.25, 0.3) is 0 Å². The fourth-order valence-corrected chi connectivity index (χ4v) is 3.25. The molecule has 1 aliphatic rings. The summed E-state index contributed by atoms with van der Waals surface area (Å²) in [6.45, 7) is 4.99. The van der Waals surface area contributed by atoms with Crippen molar-refractivity contribution in [1.29, 1.82) is 0 Å². The predicted molar refractivity (Wildman–Crippen MR) is 91.8 cm³/mol. The van der Waals surface area contributed by atoms with Gasteiger partial charge in [-0.2, -0.15) is 0 Å². The van der Waals surface area contributed by atoms with E-state index in [1.807, 2.05) is 6.07 Å². The Morgan fingerprint density at radius 2 is 1.87 bits per heavy atom. The van der Waals surface area contributed by atoms with Gasteiger partial charge >= 0.3 is 0 Å². The van der Waals surface area contributed by atoms with Gasteiger partial charge in [-0.15, -0.1) is 0 Å². The van der Waals surface area contributed by atoms with Gasteiger partial charge in [0, 0.05) is 19.3 Å². The normalized spacial score (nSPS) is 18.5.